The fraction of sp³-hybridized carbons (Fsp3) is 0.321. The first-order valence-corrected chi connectivity index (χ1v) is 13.4. The summed E-state index contributed by atoms with van der Waals surface area (Å²) in [4.78, 5) is 22.5. The summed E-state index contributed by atoms with van der Waals surface area (Å²) in [5, 5.41) is 11.3. The molecule has 9 nitrogen and oxygen atoms in total. The number of anilines is 2. The van der Waals surface area contributed by atoms with Crippen LogP contribution >= 0.6 is 23.2 Å². The number of piperazine rings is 1. The van der Waals surface area contributed by atoms with Gasteiger partial charge >= 0.3 is 0 Å². The van der Waals surface area contributed by atoms with E-state index in [-0.39, 0.29) is 5.91 Å². The molecule has 11 heteroatoms. The van der Waals surface area contributed by atoms with Gasteiger partial charge in [0.25, 0.3) is 5.91 Å². The van der Waals surface area contributed by atoms with Crippen LogP contribution in [-0.4, -0.2) is 72.4 Å². The average Bonchev–Trinajstić information content (AvgIpc) is 3.35. The Morgan fingerprint density at radius 2 is 1.62 bits per heavy atom. The molecule has 4 aromatic rings. The molecule has 39 heavy (non-hydrogen) atoms. The Morgan fingerprint density at radius 1 is 0.974 bits per heavy atom. The monoisotopic (exact) mass is 568 g/mol. The van der Waals surface area contributed by atoms with E-state index in [4.69, 9.17) is 32.7 Å². The van der Waals surface area contributed by atoms with Gasteiger partial charge in [0.15, 0.2) is 11.5 Å². The number of methoxy groups -OCH3 is 2. The van der Waals surface area contributed by atoms with Gasteiger partial charge in [-0.25, -0.2) is 4.98 Å². The van der Waals surface area contributed by atoms with Crippen molar-refractivity contribution in [2.75, 3.05) is 50.6 Å². The fourth-order valence-corrected chi connectivity index (χ4v) is 5.44. The lowest BCUT2D eigenvalue weighted by Gasteiger charge is -2.38. The highest BCUT2D eigenvalue weighted by molar-refractivity contribution is 6.41. The SMILES string of the molecule is COc1cc(OC)c(Cl)c(-c2ccc3c(NC(=O)c4ccc(N5CCN(C(C)C)CC5)cc4)n[nH]c3n2)c1Cl. The molecule has 1 aliphatic heterocycles. The smallest absolute Gasteiger partial charge is 0.256 e. The summed E-state index contributed by atoms with van der Waals surface area (Å²) in [6, 6.07) is 13.4. The van der Waals surface area contributed by atoms with E-state index in [0.29, 0.717) is 61.3 Å². The number of aromatic amines is 1. The molecule has 0 saturated carbocycles. The molecule has 204 valence electrons. The highest BCUT2D eigenvalue weighted by atomic mass is 35.5. The number of hydrogen-bond acceptors (Lipinski definition) is 7. The van der Waals surface area contributed by atoms with Gasteiger partial charge in [-0.15, -0.1) is 0 Å². The van der Waals surface area contributed by atoms with E-state index >= 15 is 0 Å². The number of fused-ring (bicyclic) bond motifs is 1. The minimum absolute atomic E-state index is 0.257. The van der Waals surface area contributed by atoms with Crippen LogP contribution in [0.25, 0.3) is 22.3 Å². The molecule has 1 saturated heterocycles. The van der Waals surface area contributed by atoms with Crippen LogP contribution in [0, 0.1) is 0 Å². The van der Waals surface area contributed by atoms with Crippen LogP contribution in [0.2, 0.25) is 10.0 Å². The minimum Gasteiger partial charge on any atom is -0.495 e. The first-order chi connectivity index (χ1) is 18.8. The van der Waals surface area contributed by atoms with Gasteiger partial charge in [0.1, 0.15) is 11.5 Å². The Labute approximate surface area is 237 Å². The number of pyridine rings is 1. The average molecular weight is 569 g/mol. The zero-order valence-electron chi connectivity index (χ0n) is 22.2. The van der Waals surface area contributed by atoms with E-state index in [1.165, 1.54) is 14.2 Å². The first kappa shape index (κ1) is 27.1. The number of aromatic nitrogens is 3. The van der Waals surface area contributed by atoms with Crippen LogP contribution in [0.15, 0.2) is 42.5 Å². The zero-order chi connectivity index (χ0) is 27.7. The molecule has 1 aliphatic rings. The maximum absolute atomic E-state index is 13.0. The Bertz CT molecular complexity index is 1470. The molecule has 0 unspecified atom stereocenters. The van der Waals surface area contributed by atoms with Gasteiger partial charge < -0.3 is 19.7 Å². The van der Waals surface area contributed by atoms with E-state index in [1.807, 2.05) is 24.3 Å². The lowest BCUT2D eigenvalue weighted by atomic mass is 10.1. The standard InChI is InChI=1S/C28H30Cl2N6O3/c1-16(2)35-11-13-36(14-12-35)18-7-5-17(6-8-18)28(37)32-27-19-9-10-20(31-26(19)33-34-27)23-24(29)21(38-3)15-22(39-4)25(23)30/h5-10,15-16H,11-14H2,1-4H3,(H2,31,32,33,34,37). The number of nitrogens with one attached hydrogen (secondary N) is 2. The number of ether oxygens (including phenoxy) is 2. The van der Waals surface area contributed by atoms with E-state index in [2.05, 4.69) is 44.1 Å². The van der Waals surface area contributed by atoms with Gasteiger partial charge in [0, 0.05) is 55.1 Å². The van der Waals surface area contributed by atoms with Crippen LogP contribution in [0.4, 0.5) is 11.5 Å². The van der Waals surface area contributed by atoms with Gasteiger partial charge in [-0.2, -0.15) is 5.10 Å². The summed E-state index contributed by atoms with van der Waals surface area (Å²) in [6.07, 6.45) is 0. The summed E-state index contributed by atoms with van der Waals surface area (Å²) in [5.74, 6) is 0.947. The maximum Gasteiger partial charge on any atom is 0.256 e. The summed E-state index contributed by atoms with van der Waals surface area (Å²) < 4.78 is 10.7. The Hall–Kier alpha value is -3.53. The Morgan fingerprint density at radius 3 is 2.21 bits per heavy atom. The van der Waals surface area contributed by atoms with Crippen LogP contribution in [0.1, 0.15) is 24.2 Å². The molecule has 2 aromatic heterocycles. The first-order valence-electron chi connectivity index (χ1n) is 12.7. The predicted octanol–water partition coefficient (Wildman–Crippen LogP) is 5.73. The van der Waals surface area contributed by atoms with Gasteiger partial charge in [-0.05, 0) is 50.2 Å². The topological polar surface area (TPSA) is 95.6 Å². The van der Waals surface area contributed by atoms with Crippen LogP contribution in [-0.2, 0) is 0 Å². The summed E-state index contributed by atoms with van der Waals surface area (Å²) in [7, 11) is 3.03. The summed E-state index contributed by atoms with van der Waals surface area (Å²) in [6.45, 7) is 8.46. The summed E-state index contributed by atoms with van der Waals surface area (Å²) in [5.41, 5.74) is 3.10. The minimum atomic E-state index is -0.257. The zero-order valence-corrected chi connectivity index (χ0v) is 23.7. The highest BCUT2D eigenvalue weighted by Gasteiger charge is 2.22. The molecular weight excluding hydrogens is 539 g/mol. The van der Waals surface area contributed by atoms with Crippen molar-refractivity contribution in [2.45, 2.75) is 19.9 Å². The van der Waals surface area contributed by atoms with Gasteiger partial charge in [0.2, 0.25) is 0 Å². The third-order valence-corrected chi connectivity index (χ3v) is 7.78. The second-order valence-corrected chi connectivity index (χ2v) is 10.3. The number of rotatable bonds is 7. The second-order valence-electron chi connectivity index (χ2n) is 9.57. The number of nitrogens with zero attached hydrogens (tertiary/aromatic N) is 4. The molecule has 0 bridgehead atoms. The molecule has 1 amide bonds. The number of halogens is 2. The third-order valence-electron chi connectivity index (χ3n) is 7.02. The van der Waals surface area contributed by atoms with Crippen LogP contribution < -0.4 is 19.7 Å². The number of H-pyrrole nitrogens is 1. The molecule has 2 aromatic carbocycles. The van der Waals surface area contributed by atoms with Crippen molar-refractivity contribution in [3.63, 3.8) is 0 Å². The lowest BCUT2D eigenvalue weighted by molar-refractivity contribution is 0.102. The van der Waals surface area contributed by atoms with Crippen LogP contribution in [0.3, 0.4) is 0 Å². The number of hydrogen-bond donors (Lipinski definition) is 2. The number of amides is 1. The van der Waals surface area contributed by atoms with Gasteiger partial charge in [-0.3, -0.25) is 14.8 Å². The molecule has 1 fully saturated rings. The van der Waals surface area contributed by atoms with Crippen molar-refractivity contribution in [3.05, 3.63) is 58.1 Å². The van der Waals surface area contributed by atoms with Crippen molar-refractivity contribution >= 4 is 51.6 Å². The molecule has 3 heterocycles. The highest BCUT2D eigenvalue weighted by Crippen LogP contribution is 2.45. The molecule has 0 aliphatic carbocycles. The Balaban J connectivity index is 1.33. The summed E-state index contributed by atoms with van der Waals surface area (Å²) >= 11 is 13.1. The fourth-order valence-electron chi connectivity index (χ4n) is 4.75. The molecular formula is C28H30Cl2N6O3. The predicted molar refractivity (Wildman–Crippen MR) is 156 cm³/mol. The number of carbonyl (C=O) groups is 1. The molecule has 0 atom stereocenters. The molecule has 5 rings (SSSR count). The van der Waals surface area contributed by atoms with E-state index in [1.54, 1.807) is 18.2 Å². The van der Waals surface area contributed by atoms with Crippen LogP contribution in [0.5, 0.6) is 11.5 Å². The van der Waals surface area contributed by atoms with Crippen molar-refractivity contribution in [1.82, 2.24) is 20.1 Å². The largest absolute Gasteiger partial charge is 0.495 e. The van der Waals surface area contributed by atoms with Crippen molar-refractivity contribution in [2.24, 2.45) is 0 Å². The van der Waals surface area contributed by atoms with Crippen molar-refractivity contribution in [1.29, 1.82) is 0 Å². The number of benzene rings is 2. The van der Waals surface area contributed by atoms with E-state index in [0.717, 1.165) is 31.9 Å². The number of carbonyl (C=O) groups excluding carboxylic acids is 1. The Kier molecular flexibility index (Phi) is 7.83. The van der Waals surface area contributed by atoms with Crippen molar-refractivity contribution < 1.29 is 14.3 Å². The van der Waals surface area contributed by atoms with Gasteiger partial charge in [-0.1, -0.05) is 23.2 Å². The van der Waals surface area contributed by atoms with E-state index in [9.17, 15) is 4.79 Å². The third kappa shape index (κ3) is 5.34. The second kappa shape index (κ2) is 11.3. The maximum atomic E-state index is 13.0. The van der Waals surface area contributed by atoms with E-state index < -0.39 is 0 Å². The molecule has 0 radical (unpaired) electrons. The lowest BCUT2D eigenvalue weighted by Crippen LogP contribution is -2.48. The van der Waals surface area contributed by atoms with Gasteiger partial charge in [0.05, 0.1) is 35.3 Å². The molecule has 0 spiro atoms. The van der Waals surface area contributed by atoms with Crippen molar-refractivity contribution in [3.8, 4) is 22.8 Å². The quantitative estimate of drug-likeness (QED) is 0.294. The normalized spacial score (nSPS) is 14.2. The molecule has 2 N–H and O–H groups in total.